The van der Waals surface area contributed by atoms with Crippen LogP contribution in [0.2, 0.25) is 0 Å². The lowest BCUT2D eigenvalue weighted by Gasteiger charge is -2.07. The standard InChI is InChI=1S/C13H16N2O4/c14-11(8-16)6-12(17)7-15-13(18)19-9-10-4-2-1-3-5-10/h1-5,8,11H,6-7,9,14H2,(H,15,18)/t11-/m0/s1. The number of carbonyl (C=O) groups is 3. The molecule has 0 aliphatic heterocycles. The zero-order valence-electron chi connectivity index (χ0n) is 10.4. The zero-order chi connectivity index (χ0) is 14.1. The smallest absolute Gasteiger partial charge is 0.407 e. The van der Waals surface area contributed by atoms with Gasteiger partial charge in [0.1, 0.15) is 12.9 Å². The van der Waals surface area contributed by atoms with Gasteiger partial charge in [-0.2, -0.15) is 0 Å². The van der Waals surface area contributed by atoms with Crippen LogP contribution in [0, 0.1) is 0 Å². The molecule has 0 heterocycles. The van der Waals surface area contributed by atoms with Crippen molar-refractivity contribution in [3.8, 4) is 0 Å². The van der Waals surface area contributed by atoms with E-state index in [-0.39, 0.29) is 25.4 Å². The molecule has 1 atom stereocenters. The molecule has 1 rings (SSSR count). The SMILES string of the molecule is N[C@H](C=O)CC(=O)CNC(=O)OCc1ccccc1. The molecule has 1 amide bonds. The van der Waals surface area contributed by atoms with E-state index in [0.29, 0.717) is 6.29 Å². The van der Waals surface area contributed by atoms with Gasteiger partial charge in [0.05, 0.1) is 12.6 Å². The van der Waals surface area contributed by atoms with Gasteiger partial charge in [-0.15, -0.1) is 0 Å². The van der Waals surface area contributed by atoms with Crippen LogP contribution in [0.1, 0.15) is 12.0 Å². The van der Waals surface area contributed by atoms with Gasteiger partial charge in [-0.3, -0.25) is 4.79 Å². The first-order valence-corrected chi connectivity index (χ1v) is 5.79. The predicted molar refractivity (Wildman–Crippen MR) is 68.3 cm³/mol. The Morgan fingerprint density at radius 2 is 2.00 bits per heavy atom. The third-order valence-electron chi connectivity index (χ3n) is 2.28. The summed E-state index contributed by atoms with van der Waals surface area (Å²) < 4.78 is 4.91. The van der Waals surface area contributed by atoms with Gasteiger partial charge in [0.15, 0.2) is 5.78 Å². The fraction of sp³-hybridized carbons (Fsp3) is 0.308. The number of hydrogen-bond donors (Lipinski definition) is 2. The summed E-state index contributed by atoms with van der Waals surface area (Å²) in [6, 6.07) is 8.35. The van der Waals surface area contributed by atoms with Gasteiger partial charge >= 0.3 is 6.09 Å². The van der Waals surface area contributed by atoms with Gasteiger partial charge in [-0.05, 0) is 5.56 Å². The van der Waals surface area contributed by atoms with Gasteiger partial charge in [0.2, 0.25) is 0 Å². The highest BCUT2D eigenvalue weighted by molar-refractivity contribution is 5.86. The van der Waals surface area contributed by atoms with E-state index in [1.165, 1.54) is 0 Å². The Labute approximate surface area is 110 Å². The molecule has 102 valence electrons. The molecule has 6 heteroatoms. The van der Waals surface area contributed by atoms with E-state index < -0.39 is 12.1 Å². The molecular formula is C13H16N2O4. The molecule has 3 N–H and O–H groups in total. The first kappa shape index (κ1) is 14.8. The number of Topliss-reactive ketones (excluding diaryl/α,β-unsaturated/α-hetero) is 1. The number of ether oxygens (including phenoxy) is 1. The third-order valence-corrected chi connectivity index (χ3v) is 2.28. The number of alkyl carbamates (subject to hydrolysis) is 1. The zero-order valence-corrected chi connectivity index (χ0v) is 10.4. The summed E-state index contributed by atoms with van der Waals surface area (Å²) in [6.07, 6.45) is -0.287. The van der Waals surface area contributed by atoms with Crippen LogP contribution in [0.3, 0.4) is 0 Å². The molecule has 1 aromatic carbocycles. The summed E-state index contributed by atoms with van der Waals surface area (Å²) in [5, 5.41) is 2.30. The van der Waals surface area contributed by atoms with Gasteiger partial charge in [0, 0.05) is 6.42 Å². The number of nitrogens with one attached hydrogen (secondary N) is 1. The predicted octanol–water partition coefficient (Wildman–Crippen LogP) is 0.398. The van der Waals surface area contributed by atoms with Gasteiger partial charge < -0.3 is 20.6 Å². The molecule has 0 spiro atoms. The molecule has 0 saturated carbocycles. The lowest BCUT2D eigenvalue weighted by molar-refractivity contribution is -0.120. The van der Waals surface area contributed by atoms with Crippen molar-refractivity contribution in [1.29, 1.82) is 0 Å². The second-order valence-electron chi connectivity index (χ2n) is 3.96. The molecule has 19 heavy (non-hydrogen) atoms. The highest BCUT2D eigenvalue weighted by Crippen LogP contribution is 2.00. The van der Waals surface area contributed by atoms with E-state index in [1.54, 1.807) is 0 Å². The van der Waals surface area contributed by atoms with E-state index in [1.807, 2.05) is 30.3 Å². The molecule has 0 aliphatic carbocycles. The number of hydrogen-bond acceptors (Lipinski definition) is 5. The van der Waals surface area contributed by atoms with Crippen molar-refractivity contribution in [2.45, 2.75) is 19.1 Å². The highest BCUT2D eigenvalue weighted by atomic mass is 16.5. The lowest BCUT2D eigenvalue weighted by atomic mass is 10.2. The van der Waals surface area contributed by atoms with E-state index in [2.05, 4.69) is 5.32 Å². The first-order valence-electron chi connectivity index (χ1n) is 5.79. The molecule has 0 aromatic heterocycles. The topological polar surface area (TPSA) is 98.5 Å². The summed E-state index contributed by atoms with van der Waals surface area (Å²) in [4.78, 5) is 32.8. The molecular weight excluding hydrogens is 248 g/mol. The van der Waals surface area contributed by atoms with Crippen LogP contribution < -0.4 is 11.1 Å². The Hall–Kier alpha value is -2.21. The minimum absolute atomic E-state index is 0.0948. The summed E-state index contributed by atoms with van der Waals surface area (Å²) in [7, 11) is 0. The normalized spacial score (nSPS) is 11.4. The van der Waals surface area contributed by atoms with Crippen molar-refractivity contribution >= 4 is 18.2 Å². The fourth-order valence-corrected chi connectivity index (χ4v) is 1.33. The average molecular weight is 264 g/mol. The molecule has 0 radical (unpaired) electrons. The maximum atomic E-state index is 11.3. The number of benzene rings is 1. The second kappa shape index (κ2) is 7.99. The first-order chi connectivity index (χ1) is 9.11. The van der Waals surface area contributed by atoms with Crippen molar-refractivity contribution in [2.24, 2.45) is 5.73 Å². The molecule has 6 nitrogen and oxygen atoms in total. The molecule has 0 unspecified atom stereocenters. The van der Waals surface area contributed by atoms with E-state index in [9.17, 15) is 14.4 Å². The maximum Gasteiger partial charge on any atom is 0.407 e. The number of aldehydes is 1. The molecule has 0 bridgehead atoms. The molecule has 0 aliphatic rings. The fourth-order valence-electron chi connectivity index (χ4n) is 1.33. The Bertz CT molecular complexity index is 434. The van der Waals surface area contributed by atoms with Crippen molar-refractivity contribution in [2.75, 3.05) is 6.54 Å². The average Bonchev–Trinajstić information content (AvgIpc) is 2.43. The summed E-state index contributed by atoms with van der Waals surface area (Å²) in [5.74, 6) is -0.323. The quantitative estimate of drug-likeness (QED) is 0.694. The Balaban J connectivity index is 2.21. The molecule has 0 saturated heterocycles. The number of rotatable bonds is 7. The van der Waals surface area contributed by atoms with E-state index >= 15 is 0 Å². The number of ketones is 1. The summed E-state index contributed by atoms with van der Waals surface area (Å²) >= 11 is 0. The van der Waals surface area contributed by atoms with Gasteiger partial charge in [-0.1, -0.05) is 30.3 Å². The minimum Gasteiger partial charge on any atom is -0.445 e. The van der Waals surface area contributed by atoms with Crippen molar-refractivity contribution < 1.29 is 19.1 Å². The number of carbonyl (C=O) groups excluding carboxylic acids is 3. The van der Waals surface area contributed by atoms with Crippen molar-refractivity contribution in [1.82, 2.24) is 5.32 Å². The number of nitrogens with two attached hydrogens (primary N) is 1. The van der Waals surface area contributed by atoms with Crippen LogP contribution in [0.15, 0.2) is 30.3 Å². The maximum absolute atomic E-state index is 11.3. The minimum atomic E-state index is -0.824. The molecule has 0 fully saturated rings. The monoisotopic (exact) mass is 264 g/mol. The van der Waals surface area contributed by atoms with Crippen LogP contribution in [0.4, 0.5) is 4.79 Å². The Morgan fingerprint density at radius 1 is 1.32 bits per heavy atom. The van der Waals surface area contributed by atoms with E-state index in [4.69, 9.17) is 10.5 Å². The van der Waals surface area contributed by atoms with Gasteiger partial charge in [0.25, 0.3) is 0 Å². The van der Waals surface area contributed by atoms with Crippen LogP contribution in [-0.4, -0.2) is 30.7 Å². The van der Waals surface area contributed by atoms with Crippen LogP contribution >= 0.6 is 0 Å². The summed E-state index contributed by atoms with van der Waals surface area (Å²) in [6.45, 7) is -0.0656. The van der Waals surface area contributed by atoms with Crippen LogP contribution in [0.25, 0.3) is 0 Å². The largest absolute Gasteiger partial charge is 0.445 e. The molecule has 1 aromatic rings. The number of amides is 1. The second-order valence-corrected chi connectivity index (χ2v) is 3.96. The van der Waals surface area contributed by atoms with E-state index in [0.717, 1.165) is 5.56 Å². The third kappa shape index (κ3) is 6.32. The summed E-state index contributed by atoms with van der Waals surface area (Å²) in [5.41, 5.74) is 6.14. The van der Waals surface area contributed by atoms with Crippen LogP contribution in [-0.2, 0) is 20.9 Å². The van der Waals surface area contributed by atoms with Crippen molar-refractivity contribution in [3.05, 3.63) is 35.9 Å². The highest BCUT2D eigenvalue weighted by Gasteiger charge is 2.10. The van der Waals surface area contributed by atoms with Gasteiger partial charge in [-0.25, -0.2) is 4.79 Å². The van der Waals surface area contributed by atoms with Crippen molar-refractivity contribution in [3.63, 3.8) is 0 Å². The lowest BCUT2D eigenvalue weighted by Crippen LogP contribution is -2.34. The Morgan fingerprint density at radius 3 is 2.63 bits per heavy atom. The Kier molecular flexibility index (Phi) is 6.25. The van der Waals surface area contributed by atoms with Crippen LogP contribution in [0.5, 0.6) is 0 Å².